The lowest BCUT2D eigenvalue weighted by molar-refractivity contribution is 0.0806. The first kappa shape index (κ1) is 10.7. The average molecular weight is 205 g/mol. The van der Waals surface area contributed by atoms with Gasteiger partial charge in [0.1, 0.15) is 0 Å². The molecule has 2 nitrogen and oxygen atoms in total. The molecule has 1 aromatic rings. The molecule has 1 aliphatic carbocycles. The summed E-state index contributed by atoms with van der Waals surface area (Å²) in [6, 6.07) is 8.20. The number of hydrogen-bond acceptors (Lipinski definition) is 2. The molecular weight excluding hydrogens is 186 g/mol. The molecular formula is C13H19NO. The van der Waals surface area contributed by atoms with Crippen molar-refractivity contribution in [2.75, 3.05) is 0 Å². The first-order chi connectivity index (χ1) is 6.91. The van der Waals surface area contributed by atoms with Crippen molar-refractivity contribution in [2.24, 2.45) is 5.73 Å². The van der Waals surface area contributed by atoms with E-state index in [4.69, 9.17) is 5.73 Å². The third kappa shape index (κ3) is 2.39. The molecule has 1 aromatic carbocycles. The van der Waals surface area contributed by atoms with Crippen LogP contribution >= 0.6 is 0 Å². The summed E-state index contributed by atoms with van der Waals surface area (Å²) in [5.41, 5.74) is 7.83. The van der Waals surface area contributed by atoms with Gasteiger partial charge in [-0.15, -0.1) is 0 Å². The van der Waals surface area contributed by atoms with Crippen molar-refractivity contribution in [1.29, 1.82) is 0 Å². The van der Waals surface area contributed by atoms with Gasteiger partial charge in [0.2, 0.25) is 0 Å². The highest BCUT2D eigenvalue weighted by Gasteiger charge is 2.41. The molecule has 0 aromatic heterocycles. The van der Waals surface area contributed by atoms with E-state index in [-0.39, 0.29) is 5.54 Å². The molecule has 15 heavy (non-hydrogen) atoms. The second-order valence-electron chi connectivity index (χ2n) is 5.30. The lowest BCUT2D eigenvalue weighted by Gasteiger charge is -2.21. The van der Waals surface area contributed by atoms with Gasteiger partial charge in [-0.05, 0) is 37.8 Å². The Balaban J connectivity index is 2.31. The smallest absolute Gasteiger partial charge is 0.0632 e. The van der Waals surface area contributed by atoms with Crippen molar-refractivity contribution >= 4 is 0 Å². The van der Waals surface area contributed by atoms with Crippen LogP contribution in [-0.2, 0) is 12.0 Å². The summed E-state index contributed by atoms with van der Waals surface area (Å²) in [6.45, 7) is 3.67. The van der Waals surface area contributed by atoms with Crippen LogP contribution in [0.3, 0.4) is 0 Å². The molecule has 0 saturated heterocycles. The van der Waals surface area contributed by atoms with Crippen LogP contribution in [0.1, 0.15) is 37.8 Å². The molecule has 0 atom stereocenters. The molecule has 0 aliphatic heterocycles. The van der Waals surface area contributed by atoms with Gasteiger partial charge < -0.3 is 10.8 Å². The highest BCUT2D eigenvalue weighted by molar-refractivity contribution is 5.37. The molecule has 0 amide bonds. The maximum Gasteiger partial charge on any atom is 0.0632 e. The van der Waals surface area contributed by atoms with Gasteiger partial charge >= 0.3 is 0 Å². The molecule has 0 unspecified atom stereocenters. The molecule has 3 N–H and O–H groups in total. The Kier molecular flexibility index (Phi) is 2.36. The van der Waals surface area contributed by atoms with E-state index in [2.05, 4.69) is 12.1 Å². The van der Waals surface area contributed by atoms with Crippen LogP contribution in [0.5, 0.6) is 0 Å². The molecule has 2 rings (SSSR count). The van der Waals surface area contributed by atoms with Crippen LogP contribution in [0.2, 0.25) is 0 Å². The zero-order chi connectivity index (χ0) is 11.1. The molecule has 0 radical (unpaired) electrons. The van der Waals surface area contributed by atoms with Crippen molar-refractivity contribution in [3.63, 3.8) is 0 Å². The highest BCUT2D eigenvalue weighted by Crippen LogP contribution is 2.44. The molecule has 0 heterocycles. The maximum atomic E-state index is 9.84. The zero-order valence-corrected chi connectivity index (χ0v) is 9.46. The van der Waals surface area contributed by atoms with E-state index in [1.165, 1.54) is 11.1 Å². The van der Waals surface area contributed by atoms with E-state index in [0.29, 0.717) is 6.42 Å². The van der Waals surface area contributed by atoms with Crippen molar-refractivity contribution in [3.8, 4) is 0 Å². The fourth-order valence-electron chi connectivity index (χ4n) is 2.03. The summed E-state index contributed by atoms with van der Waals surface area (Å²) in [5, 5.41) is 9.84. The van der Waals surface area contributed by atoms with Crippen molar-refractivity contribution in [1.82, 2.24) is 0 Å². The number of nitrogens with two attached hydrogens (primary N) is 1. The van der Waals surface area contributed by atoms with Gasteiger partial charge in [0, 0.05) is 12.0 Å². The predicted octanol–water partition coefficient (Wildman–Crippen LogP) is 1.95. The minimum absolute atomic E-state index is 0.109. The Hall–Kier alpha value is -0.860. The van der Waals surface area contributed by atoms with Gasteiger partial charge in [-0.2, -0.15) is 0 Å². The first-order valence-electron chi connectivity index (χ1n) is 5.50. The Morgan fingerprint density at radius 2 is 1.93 bits per heavy atom. The molecule has 1 saturated carbocycles. The SMILES string of the molecule is CC(C)(O)Cc1ccccc1C1(N)CC1. The first-order valence-corrected chi connectivity index (χ1v) is 5.50. The Morgan fingerprint density at radius 3 is 2.47 bits per heavy atom. The normalized spacial score (nSPS) is 18.9. The van der Waals surface area contributed by atoms with Crippen LogP contribution in [-0.4, -0.2) is 10.7 Å². The standard InChI is InChI=1S/C13H19NO/c1-12(2,15)9-10-5-3-4-6-11(10)13(14)7-8-13/h3-6,15H,7-9,14H2,1-2H3. The monoisotopic (exact) mass is 205 g/mol. The van der Waals surface area contributed by atoms with Crippen LogP contribution in [0.15, 0.2) is 24.3 Å². The fourth-order valence-corrected chi connectivity index (χ4v) is 2.03. The molecule has 1 aliphatic rings. The van der Waals surface area contributed by atoms with Crippen molar-refractivity contribution in [3.05, 3.63) is 35.4 Å². The number of benzene rings is 1. The van der Waals surface area contributed by atoms with E-state index < -0.39 is 5.60 Å². The minimum atomic E-state index is -0.665. The molecule has 1 fully saturated rings. The number of hydrogen-bond donors (Lipinski definition) is 2. The second kappa shape index (κ2) is 3.32. The Bertz CT molecular complexity index is 361. The summed E-state index contributed by atoms with van der Waals surface area (Å²) in [5.74, 6) is 0. The average Bonchev–Trinajstić information content (AvgIpc) is 2.83. The largest absolute Gasteiger partial charge is 0.390 e. The zero-order valence-electron chi connectivity index (χ0n) is 9.46. The van der Waals surface area contributed by atoms with E-state index in [1.54, 1.807) is 0 Å². The summed E-state index contributed by atoms with van der Waals surface area (Å²) >= 11 is 0. The third-order valence-electron chi connectivity index (χ3n) is 2.97. The van der Waals surface area contributed by atoms with E-state index in [9.17, 15) is 5.11 Å². The summed E-state index contributed by atoms with van der Waals surface area (Å²) < 4.78 is 0. The van der Waals surface area contributed by atoms with Crippen LogP contribution in [0, 0.1) is 0 Å². The highest BCUT2D eigenvalue weighted by atomic mass is 16.3. The van der Waals surface area contributed by atoms with Crippen molar-refractivity contribution in [2.45, 2.75) is 44.2 Å². The predicted molar refractivity (Wildman–Crippen MR) is 61.5 cm³/mol. The van der Waals surface area contributed by atoms with Crippen LogP contribution in [0.25, 0.3) is 0 Å². The number of aliphatic hydroxyl groups is 1. The maximum absolute atomic E-state index is 9.84. The van der Waals surface area contributed by atoms with E-state index in [1.807, 2.05) is 26.0 Å². The summed E-state index contributed by atoms with van der Waals surface area (Å²) in [7, 11) is 0. The van der Waals surface area contributed by atoms with Gasteiger partial charge in [0.15, 0.2) is 0 Å². The molecule has 2 heteroatoms. The quantitative estimate of drug-likeness (QED) is 0.792. The Morgan fingerprint density at radius 1 is 1.33 bits per heavy atom. The van der Waals surface area contributed by atoms with E-state index >= 15 is 0 Å². The lowest BCUT2D eigenvalue weighted by atomic mass is 9.91. The lowest BCUT2D eigenvalue weighted by Crippen LogP contribution is -2.26. The van der Waals surface area contributed by atoms with Gasteiger partial charge in [-0.1, -0.05) is 24.3 Å². The third-order valence-corrected chi connectivity index (χ3v) is 2.97. The number of rotatable bonds is 3. The summed E-state index contributed by atoms with van der Waals surface area (Å²) in [4.78, 5) is 0. The van der Waals surface area contributed by atoms with E-state index in [0.717, 1.165) is 12.8 Å². The van der Waals surface area contributed by atoms with Gasteiger partial charge in [-0.25, -0.2) is 0 Å². The van der Waals surface area contributed by atoms with Crippen LogP contribution in [0.4, 0.5) is 0 Å². The van der Waals surface area contributed by atoms with Gasteiger partial charge in [0.25, 0.3) is 0 Å². The fraction of sp³-hybridized carbons (Fsp3) is 0.538. The van der Waals surface area contributed by atoms with Gasteiger partial charge in [0.05, 0.1) is 5.60 Å². The topological polar surface area (TPSA) is 46.2 Å². The molecule has 0 spiro atoms. The second-order valence-corrected chi connectivity index (χ2v) is 5.30. The van der Waals surface area contributed by atoms with Crippen molar-refractivity contribution < 1.29 is 5.11 Å². The molecule has 0 bridgehead atoms. The Labute approximate surface area is 91.1 Å². The van der Waals surface area contributed by atoms with Crippen LogP contribution < -0.4 is 5.73 Å². The van der Waals surface area contributed by atoms with Gasteiger partial charge in [-0.3, -0.25) is 0 Å². The molecule has 82 valence electrons. The summed E-state index contributed by atoms with van der Waals surface area (Å²) in [6.07, 6.45) is 2.80. The minimum Gasteiger partial charge on any atom is -0.390 e.